The predicted molar refractivity (Wildman–Crippen MR) is 120 cm³/mol. The number of imide groups is 1. The second kappa shape index (κ2) is 8.90. The first kappa shape index (κ1) is 21.1. The van der Waals surface area contributed by atoms with Crippen LogP contribution in [-0.2, 0) is 9.59 Å². The van der Waals surface area contributed by atoms with E-state index in [0.717, 1.165) is 28.1 Å². The molecule has 4 rings (SSSR count). The number of non-ortho nitro benzene ring substituents is 1. The minimum Gasteiger partial charge on any atom is -0.484 e. The Labute approximate surface area is 185 Å². The number of nitrogens with zero attached hydrogens (tertiary/aromatic N) is 1. The summed E-state index contributed by atoms with van der Waals surface area (Å²) in [7, 11) is 0. The number of nitrogens with one attached hydrogen (secondary N) is 2. The molecule has 3 aromatic carbocycles. The Bertz CT molecular complexity index is 1290. The van der Waals surface area contributed by atoms with Crippen LogP contribution in [0.4, 0.5) is 16.2 Å². The van der Waals surface area contributed by atoms with Crippen LogP contribution in [0.2, 0.25) is 0 Å². The molecule has 0 saturated carbocycles. The summed E-state index contributed by atoms with van der Waals surface area (Å²) in [5, 5.41) is 16.9. The van der Waals surface area contributed by atoms with Gasteiger partial charge in [-0.2, -0.15) is 0 Å². The number of benzene rings is 3. The number of carbonyl (C=O) groups excluding carboxylic acids is 3. The van der Waals surface area contributed by atoms with Crippen molar-refractivity contribution in [1.29, 1.82) is 0 Å². The fourth-order valence-corrected chi connectivity index (χ4v) is 3.69. The fraction of sp³-hybridized carbons (Fsp3) is 0.0455. The lowest BCUT2D eigenvalue weighted by Gasteiger charge is -2.09. The monoisotopic (exact) mass is 449 g/mol. The standard InChI is InChI=1S/C22H15N3O6S/c26-20(23-16-4-6-17(7-5-16)25(29)30)12-31-18-8-3-14-9-13(1-2-15(14)11-18)10-19-21(27)24-22(28)32-19/h1-11H,12H2,(H,23,26)(H,24,27,28)/b19-10+. The zero-order valence-electron chi connectivity index (χ0n) is 16.4. The van der Waals surface area contributed by atoms with Gasteiger partial charge in [0.05, 0.1) is 9.83 Å². The third-order valence-electron chi connectivity index (χ3n) is 4.51. The highest BCUT2D eigenvalue weighted by Crippen LogP contribution is 2.28. The van der Waals surface area contributed by atoms with Crippen molar-refractivity contribution in [2.24, 2.45) is 0 Å². The topological polar surface area (TPSA) is 128 Å². The summed E-state index contributed by atoms with van der Waals surface area (Å²) in [6, 6.07) is 16.4. The van der Waals surface area contributed by atoms with Crippen LogP contribution in [0.1, 0.15) is 5.56 Å². The minimum absolute atomic E-state index is 0.0616. The average Bonchev–Trinajstić information content (AvgIpc) is 3.09. The van der Waals surface area contributed by atoms with Gasteiger partial charge in [-0.15, -0.1) is 0 Å². The van der Waals surface area contributed by atoms with E-state index in [2.05, 4.69) is 10.6 Å². The van der Waals surface area contributed by atoms with Crippen LogP contribution in [-0.4, -0.2) is 28.6 Å². The van der Waals surface area contributed by atoms with Crippen molar-refractivity contribution in [2.45, 2.75) is 0 Å². The minimum atomic E-state index is -0.514. The van der Waals surface area contributed by atoms with Gasteiger partial charge in [-0.05, 0) is 64.5 Å². The van der Waals surface area contributed by atoms with E-state index < -0.39 is 16.7 Å². The maximum absolute atomic E-state index is 12.1. The molecule has 10 heteroatoms. The second-order valence-electron chi connectivity index (χ2n) is 6.76. The Kier molecular flexibility index (Phi) is 5.86. The van der Waals surface area contributed by atoms with Crippen molar-refractivity contribution in [3.05, 3.63) is 81.2 Å². The molecule has 1 fully saturated rings. The number of carbonyl (C=O) groups is 3. The van der Waals surface area contributed by atoms with Gasteiger partial charge in [0.2, 0.25) is 0 Å². The molecule has 160 valence electrons. The van der Waals surface area contributed by atoms with Gasteiger partial charge < -0.3 is 10.1 Å². The molecule has 1 saturated heterocycles. The summed E-state index contributed by atoms with van der Waals surface area (Å²) in [4.78, 5) is 45.6. The van der Waals surface area contributed by atoms with Gasteiger partial charge >= 0.3 is 0 Å². The van der Waals surface area contributed by atoms with Crippen molar-refractivity contribution < 1.29 is 24.0 Å². The Balaban J connectivity index is 1.39. The number of anilines is 1. The zero-order chi connectivity index (χ0) is 22.7. The molecule has 3 aromatic rings. The Morgan fingerprint density at radius 3 is 2.47 bits per heavy atom. The Morgan fingerprint density at radius 2 is 1.78 bits per heavy atom. The zero-order valence-corrected chi connectivity index (χ0v) is 17.2. The van der Waals surface area contributed by atoms with E-state index in [1.807, 2.05) is 24.3 Å². The number of hydrogen-bond acceptors (Lipinski definition) is 7. The van der Waals surface area contributed by atoms with Crippen molar-refractivity contribution >= 4 is 57.0 Å². The molecule has 0 bridgehead atoms. The second-order valence-corrected chi connectivity index (χ2v) is 7.78. The molecule has 1 heterocycles. The van der Waals surface area contributed by atoms with Crippen molar-refractivity contribution in [2.75, 3.05) is 11.9 Å². The molecule has 9 nitrogen and oxygen atoms in total. The molecule has 0 radical (unpaired) electrons. The molecule has 0 aliphatic carbocycles. The highest BCUT2D eigenvalue weighted by Gasteiger charge is 2.24. The van der Waals surface area contributed by atoms with Gasteiger partial charge in [0.15, 0.2) is 6.61 Å². The SMILES string of the molecule is O=C(COc1ccc2cc(/C=C3/SC(=O)NC3=O)ccc2c1)Nc1ccc([N+](=O)[O-])cc1. The van der Waals surface area contributed by atoms with E-state index >= 15 is 0 Å². The number of ether oxygens (including phenoxy) is 1. The number of thioether (sulfide) groups is 1. The molecule has 32 heavy (non-hydrogen) atoms. The summed E-state index contributed by atoms with van der Waals surface area (Å²) in [5.41, 5.74) is 1.15. The van der Waals surface area contributed by atoms with Gasteiger partial charge in [0.1, 0.15) is 5.75 Å². The van der Waals surface area contributed by atoms with E-state index in [-0.39, 0.29) is 17.5 Å². The van der Waals surface area contributed by atoms with Gasteiger partial charge in [-0.25, -0.2) is 0 Å². The highest BCUT2D eigenvalue weighted by atomic mass is 32.2. The molecule has 0 spiro atoms. The highest BCUT2D eigenvalue weighted by molar-refractivity contribution is 8.18. The van der Waals surface area contributed by atoms with E-state index in [1.165, 1.54) is 24.3 Å². The van der Waals surface area contributed by atoms with Crippen LogP contribution < -0.4 is 15.4 Å². The lowest BCUT2D eigenvalue weighted by atomic mass is 10.1. The smallest absolute Gasteiger partial charge is 0.290 e. The average molecular weight is 449 g/mol. The molecule has 0 aromatic heterocycles. The number of amides is 3. The summed E-state index contributed by atoms with van der Waals surface area (Å²) in [6.45, 7) is -0.229. The number of rotatable bonds is 6. The number of fused-ring (bicyclic) bond motifs is 1. The van der Waals surface area contributed by atoms with Crippen molar-refractivity contribution in [1.82, 2.24) is 5.32 Å². The van der Waals surface area contributed by atoms with Crippen molar-refractivity contribution in [3.63, 3.8) is 0 Å². The first-order chi connectivity index (χ1) is 15.4. The molecular formula is C22H15N3O6S. The van der Waals surface area contributed by atoms with Crippen molar-refractivity contribution in [3.8, 4) is 5.75 Å². The lowest BCUT2D eigenvalue weighted by molar-refractivity contribution is -0.384. The largest absolute Gasteiger partial charge is 0.484 e. The van der Waals surface area contributed by atoms with Crippen LogP contribution in [0.25, 0.3) is 16.8 Å². The molecular weight excluding hydrogens is 434 g/mol. The first-order valence-electron chi connectivity index (χ1n) is 9.33. The van der Waals surface area contributed by atoms with Gasteiger partial charge in [0, 0.05) is 17.8 Å². The third kappa shape index (κ3) is 4.93. The van der Waals surface area contributed by atoms with Gasteiger partial charge in [-0.3, -0.25) is 29.8 Å². The van der Waals surface area contributed by atoms with Gasteiger partial charge in [-0.1, -0.05) is 18.2 Å². The molecule has 2 N–H and O–H groups in total. The molecule has 3 amide bonds. The normalized spacial score (nSPS) is 14.4. The van der Waals surface area contributed by atoms with E-state index in [1.54, 1.807) is 18.2 Å². The van der Waals surface area contributed by atoms with Crippen LogP contribution in [0.3, 0.4) is 0 Å². The Hall–Kier alpha value is -4.18. The quantitative estimate of drug-likeness (QED) is 0.330. The van der Waals surface area contributed by atoms with Gasteiger partial charge in [0.25, 0.3) is 22.7 Å². The van der Waals surface area contributed by atoms with Crippen LogP contribution >= 0.6 is 11.8 Å². The van der Waals surface area contributed by atoms with E-state index in [4.69, 9.17) is 4.74 Å². The maximum atomic E-state index is 12.1. The number of nitro benzene ring substituents is 1. The molecule has 0 atom stereocenters. The maximum Gasteiger partial charge on any atom is 0.290 e. The molecule has 1 aliphatic rings. The predicted octanol–water partition coefficient (Wildman–Crippen LogP) is 4.09. The molecule has 1 aliphatic heterocycles. The van der Waals surface area contributed by atoms with E-state index in [9.17, 15) is 24.5 Å². The van der Waals surface area contributed by atoms with Crippen LogP contribution in [0, 0.1) is 10.1 Å². The van der Waals surface area contributed by atoms with E-state index in [0.29, 0.717) is 16.3 Å². The number of nitro groups is 1. The summed E-state index contributed by atoms with van der Waals surface area (Å²) < 4.78 is 5.55. The molecule has 0 unspecified atom stereocenters. The lowest BCUT2D eigenvalue weighted by Crippen LogP contribution is -2.20. The summed E-state index contributed by atoms with van der Waals surface area (Å²) >= 11 is 0.862. The first-order valence-corrected chi connectivity index (χ1v) is 10.1. The third-order valence-corrected chi connectivity index (χ3v) is 5.32. The Morgan fingerprint density at radius 1 is 1.06 bits per heavy atom. The fourth-order valence-electron chi connectivity index (χ4n) is 3.01. The van der Waals surface area contributed by atoms with Crippen LogP contribution in [0.15, 0.2) is 65.6 Å². The number of hydrogen-bond donors (Lipinski definition) is 2. The summed E-state index contributed by atoms with van der Waals surface area (Å²) in [5.74, 6) is -0.308. The van der Waals surface area contributed by atoms with Crippen LogP contribution in [0.5, 0.6) is 5.75 Å². The summed E-state index contributed by atoms with van der Waals surface area (Å²) in [6.07, 6.45) is 1.65.